The number of pyridine rings is 2. The minimum atomic E-state index is -0.341. The van der Waals surface area contributed by atoms with E-state index in [0.29, 0.717) is 23.3 Å². The van der Waals surface area contributed by atoms with Crippen LogP contribution in [-0.4, -0.2) is 22.4 Å². The van der Waals surface area contributed by atoms with Crippen LogP contribution in [-0.2, 0) is 19.5 Å². The summed E-state index contributed by atoms with van der Waals surface area (Å²) in [6.07, 6.45) is 2.83. The topological polar surface area (TPSA) is 58.1 Å². The number of amides is 1. The monoisotopic (exact) mass is 426 g/mol. The molecule has 5 rings (SSSR count). The van der Waals surface area contributed by atoms with Crippen molar-refractivity contribution < 1.29 is 9.18 Å². The Morgan fingerprint density at radius 2 is 1.94 bits per heavy atom. The summed E-state index contributed by atoms with van der Waals surface area (Å²) in [5.41, 5.74) is 5.28. The molecule has 1 amide bonds. The van der Waals surface area contributed by atoms with Gasteiger partial charge in [-0.25, -0.2) is 9.37 Å². The predicted octanol–water partition coefficient (Wildman–Crippen LogP) is 4.57. The lowest BCUT2D eigenvalue weighted by molar-refractivity contribution is 0.0950. The van der Waals surface area contributed by atoms with Gasteiger partial charge in [-0.05, 0) is 54.3 Å². The van der Waals surface area contributed by atoms with Crippen LogP contribution in [0.3, 0.4) is 0 Å². The molecule has 2 aromatic heterocycles. The van der Waals surface area contributed by atoms with Gasteiger partial charge >= 0.3 is 0 Å². The second kappa shape index (κ2) is 8.38. The molecule has 0 radical (unpaired) electrons. The molecule has 0 spiro atoms. The third-order valence-electron chi connectivity index (χ3n) is 5.93. The molecule has 0 unspecified atom stereocenters. The van der Waals surface area contributed by atoms with Gasteiger partial charge in [0.1, 0.15) is 11.6 Å². The first-order valence-corrected chi connectivity index (χ1v) is 10.7. The number of hydrogen-bond acceptors (Lipinski definition) is 4. The van der Waals surface area contributed by atoms with Crippen molar-refractivity contribution in [3.63, 3.8) is 0 Å². The molecule has 2 aromatic carbocycles. The van der Waals surface area contributed by atoms with Gasteiger partial charge in [0.2, 0.25) is 0 Å². The summed E-state index contributed by atoms with van der Waals surface area (Å²) < 4.78 is 13.4. The number of anilines is 1. The van der Waals surface area contributed by atoms with Crippen molar-refractivity contribution in [3.05, 3.63) is 101 Å². The summed E-state index contributed by atoms with van der Waals surface area (Å²) in [4.78, 5) is 24.0. The molecule has 0 fully saturated rings. The molecule has 3 heterocycles. The Kier molecular flexibility index (Phi) is 5.27. The summed E-state index contributed by atoms with van der Waals surface area (Å²) in [5.74, 6) is 0.389. The Balaban J connectivity index is 1.25. The van der Waals surface area contributed by atoms with Crippen LogP contribution in [0, 0.1) is 12.7 Å². The molecule has 0 aliphatic carbocycles. The second-order valence-electron chi connectivity index (χ2n) is 8.11. The summed E-state index contributed by atoms with van der Waals surface area (Å²) in [5, 5.41) is 3.67. The van der Waals surface area contributed by atoms with E-state index in [1.54, 1.807) is 19.1 Å². The highest BCUT2D eigenvalue weighted by Crippen LogP contribution is 2.23. The van der Waals surface area contributed by atoms with Crippen molar-refractivity contribution >= 4 is 22.6 Å². The van der Waals surface area contributed by atoms with E-state index in [2.05, 4.69) is 44.5 Å². The van der Waals surface area contributed by atoms with Gasteiger partial charge in [-0.3, -0.25) is 9.78 Å². The van der Waals surface area contributed by atoms with E-state index in [0.717, 1.165) is 36.3 Å². The lowest BCUT2D eigenvalue weighted by Crippen LogP contribution is -2.31. The number of hydrogen-bond donors (Lipinski definition) is 1. The van der Waals surface area contributed by atoms with Crippen LogP contribution in [0.15, 0.2) is 66.9 Å². The molecule has 160 valence electrons. The van der Waals surface area contributed by atoms with E-state index < -0.39 is 0 Å². The molecule has 1 aliphatic rings. The summed E-state index contributed by atoms with van der Waals surface area (Å²) in [6, 6.07) is 18.7. The van der Waals surface area contributed by atoms with Crippen LogP contribution in [0.1, 0.15) is 32.7 Å². The van der Waals surface area contributed by atoms with Crippen molar-refractivity contribution in [2.75, 3.05) is 11.4 Å². The number of nitrogens with zero attached hydrogens (tertiary/aromatic N) is 3. The molecule has 1 N–H and O–H groups in total. The highest BCUT2D eigenvalue weighted by molar-refractivity contribution is 5.98. The SMILES string of the molecule is Cc1nc2cc(F)ccc2cc1C(=O)NCc1ccc(N2CCc3ccccc3C2)nc1. The number of nitrogens with one attached hydrogen (secondary N) is 1. The summed E-state index contributed by atoms with van der Waals surface area (Å²) in [7, 11) is 0. The number of carbonyl (C=O) groups excluding carboxylic acids is 1. The van der Waals surface area contributed by atoms with Gasteiger partial charge in [-0.1, -0.05) is 30.3 Å². The van der Waals surface area contributed by atoms with E-state index in [1.807, 2.05) is 18.3 Å². The standard InChI is InChI=1S/C26H23FN4O/c1-17-23(12-20-7-8-22(27)13-24(20)30-17)26(32)29-15-18-6-9-25(28-14-18)31-11-10-19-4-2-3-5-21(19)16-31/h2-9,12-14H,10-11,15-16H2,1H3,(H,29,32). The average molecular weight is 426 g/mol. The third-order valence-corrected chi connectivity index (χ3v) is 5.93. The largest absolute Gasteiger partial charge is 0.352 e. The molecule has 1 aliphatic heterocycles. The molecular weight excluding hydrogens is 403 g/mol. The van der Waals surface area contributed by atoms with Crippen LogP contribution >= 0.6 is 0 Å². The van der Waals surface area contributed by atoms with Gasteiger partial charge in [-0.2, -0.15) is 0 Å². The van der Waals surface area contributed by atoms with Gasteiger partial charge in [-0.15, -0.1) is 0 Å². The van der Waals surface area contributed by atoms with Crippen LogP contribution < -0.4 is 10.2 Å². The highest BCUT2D eigenvalue weighted by atomic mass is 19.1. The zero-order valence-electron chi connectivity index (χ0n) is 17.8. The number of carbonyl (C=O) groups is 1. The van der Waals surface area contributed by atoms with Gasteiger partial charge < -0.3 is 10.2 Å². The molecule has 0 saturated heterocycles. The lowest BCUT2D eigenvalue weighted by Gasteiger charge is -2.29. The maximum atomic E-state index is 13.4. The van der Waals surface area contributed by atoms with E-state index in [9.17, 15) is 9.18 Å². The zero-order chi connectivity index (χ0) is 22.1. The fraction of sp³-hybridized carbons (Fsp3) is 0.192. The van der Waals surface area contributed by atoms with Crippen molar-refractivity contribution in [1.82, 2.24) is 15.3 Å². The number of fused-ring (bicyclic) bond motifs is 2. The third kappa shape index (κ3) is 4.04. The second-order valence-corrected chi connectivity index (χ2v) is 8.11. The number of benzene rings is 2. The highest BCUT2D eigenvalue weighted by Gasteiger charge is 2.17. The van der Waals surface area contributed by atoms with E-state index in [4.69, 9.17) is 0 Å². The predicted molar refractivity (Wildman–Crippen MR) is 123 cm³/mol. The van der Waals surface area contributed by atoms with Crippen LogP contribution in [0.5, 0.6) is 0 Å². The van der Waals surface area contributed by atoms with E-state index in [-0.39, 0.29) is 11.7 Å². The maximum absolute atomic E-state index is 13.4. The van der Waals surface area contributed by atoms with Crippen LogP contribution in [0.2, 0.25) is 0 Å². The number of aromatic nitrogens is 2. The van der Waals surface area contributed by atoms with Crippen LogP contribution in [0.25, 0.3) is 10.9 Å². The quantitative estimate of drug-likeness (QED) is 0.519. The Bertz CT molecular complexity index is 1300. The molecule has 4 aromatic rings. The Morgan fingerprint density at radius 3 is 2.75 bits per heavy atom. The molecule has 32 heavy (non-hydrogen) atoms. The summed E-state index contributed by atoms with van der Waals surface area (Å²) >= 11 is 0. The molecular formula is C26H23FN4O. The van der Waals surface area contributed by atoms with Gasteiger partial charge in [0, 0.05) is 37.3 Å². The Morgan fingerprint density at radius 1 is 1.09 bits per heavy atom. The normalized spacial score (nSPS) is 13.1. The average Bonchev–Trinajstić information content (AvgIpc) is 2.82. The van der Waals surface area contributed by atoms with Crippen molar-refractivity contribution in [1.29, 1.82) is 0 Å². The van der Waals surface area contributed by atoms with Crippen molar-refractivity contribution in [2.45, 2.75) is 26.4 Å². The van der Waals surface area contributed by atoms with E-state index >= 15 is 0 Å². The minimum Gasteiger partial charge on any atom is -0.352 e. The Labute approximate surface area is 185 Å². The molecule has 5 nitrogen and oxygen atoms in total. The number of aryl methyl sites for hydroxylation is 1. The van der Waals surface area contributed by atoms with Crippen molar-refractivity contribution in [2.24, 2.45) is 0 Å². The van der Waals surface area contributed by atoms with Gasteiger partial charge in [0.05, 0.1) is 16.8 Å². The number of halogens is 1. The lowest BCUT2D eigenvalue weighted by atomic mass is 10.00. The fourth-order valence-electron chi connectivity index (χ4n) is 4.14. The number of rotatable bonds is 4. The first-order valence-electron chi connectivity index (χ1n) is 10.7. The zero-order valence-corrected chi connectivity index (χ0v) is 17.8. The smallest absolute Gasteiger partial charge is 0.253 e. The molecule has 0 atom stereocenters. The first-order chi connectivity index (χ1) is 15.6. The molecule has 0 saturated carbocycles. The van der Waals surface area contributed by atoms with Crippen LogP contribution in [0.4, 0.5) is 10.2 Å². The first kappa shape index (κ1) is 20.1. The molecule has 0 bridgehead atoms. The summed E-state index contributed by atoms with van der Waals surface area (Å²) in [6.45, 7) is 3.93. The van der Waals surface area contributed by atoms with Gasteiger partial charge in [0.25, 0.3) is 5.91 Å². The maximum Gasteiger partial charge on any atom is 0.253 e. The molecule has 6 heteroatoms. The fourth-order valence-corrected chi connectivity index (χ4v) is 4.14. The van der Waals surface area contributed by atoms with Gasteiger partial charge in [0.15, 0.2) is 0 Å². The van der Waals surface area contributed by atoms with E-state index in [1.165, 1.54) is 23.3 Å². The Hall–Kier alpha value is -3.80. The minimum absolute atomic E-state index is 0.210. The van der Waals surface area contributed by atoms with Crippen molar-refractivity contribution in [3.8, 4) is 0 Å².